The Morgan fingerprint density at radius 2 is 2.05 bits per heavy atom. The zero-order valence-corrected chi connectivity index (χ0v) is 12.2. The number of alkyl halides is 1. The van der Waals surface area contributed by atoms with Crippen molar-refractivity contribution < 1.29 is 13.2 Å². The Labute approximate surface area is 119 Å². The van der Waals surface area contributed by atoms with Crippen LogP contribution in [-0.2, 0) is 14.8 Å². The second kappa shape index (κ2) is 6.70. The van der Waals surface area contributed by atoms with E-state index in [-0.39, 0.29) is 11.9 Å². The van der Waals surface area contributed by atoms with Crippen molar-refractivity contribution in [3.63, 3.8) is 0 Å². The summed E-state index contributed by atoms with van der Waals surface area (Å²) in [5.74, 6) is 0.476. The Morgan fingerprint density at radius 1 is 1.32 bits per heavy atom. The molecule has 1 saturated heterocycles. The zero-order chi connectivity index (χ0) is 13.7. The predicted octanol–water partition coefficient (Wildman–Crippen LogP) is 2.02. The zero-order valence-electron chi connectivity index (χ0n) is 10.7. The molecule has 6 heteroatoms. The molecule has 0 aromatic heterocycles. The number of benzene rings is 1. The van der Waals surface area contributed by atoms with Crippen molar-refractivity contribution >= 4 is 21.6 Å². The van der Waals surface area contributed by atoms with Gasteiger partial charge in [0.25, 0.3) is 0 Å². The van der Waals surface area contributed by atoms with Gasteiger partial charge in [0.1, 0.15) is 0 Å². The average Bonchev–Trinajstić information content (AvgIpc) is 2.46. The SMILES string of the molecule is O=S(=O)(CCCCl)N1CCOC(c2ccccc2)C1. The minimum Gasteiger partial charge on any atom is -0.371 e. The summed E-state index contributed by atoms with van der Waals surface area (Å²) >= 11 is 5.56. The van der Waals surface area contributed by atoms with Gasteiger partial charge in [-0.3, -0.25) is 0 Å². The number of rotatable bonds is 5. The van der Waals surface area contributed by atoms with Gasteiger partial charge in [0, 0.05) is 19.0 Å². The molecule has 4 nitrogen and oxygen atoms in total. The smallest absolute Gasteiger partial charge is 0.214 e. The maximum atomic E-state index is 12.1. The summed E-state index contributed by atoms with van der Waals surface area (Å²) in [7, 11) is -3.22. The molecule has 1 unspecified atom stereocenters. The quantitative estimate of drug-likeness (QED) is 0.782. The molecular weight excluding hydrogens is 286 g/mol. The number of hydrogen-bond acceptors (Lipinski definition) is 3. The van der Waals surface area contributed by atoms with Crippen LogP contribution < -0.4 is 0 Å². The first-order valence-electron chi connectivity index (χ1n) is 6.34. The first-order chi connectivity index (χ1) is 9.13. The molecule has 0 amide bonds. The fraction of sp³-hybridized carbons (Fsp3) is 0.538. The number of hydrogen-bond donors (Lipinski definition) is 0. The lowest BCUT2D eigenvalue weighted by Gasteiger charge is -2.32. The van der Waals surface area contributed by atoms with Crippen LogP contribution in [0.2, 0.25) is 0 Å². The molecule has 1 aromatic carbocycles. The van der Waals surface area contributed by atoms with Crippen molar-refractivity contribution in [1.29, 1.82) is 0 Å². The van der Waals surface area contributed by atoms with E-state index in [1.807, 2.05) is 30.3 Å². The molecule has 0 saturated carbocycles. The Bertz CT molecular complexity index is 492. The molecule has 0 spiro atoms. The molecule has 2 rings (SSSR count). The molecule has 0 bridgehead atoms. The third-order valence-electron chi connectivity index (χ3n) is 3.13. The van der Waals surface area contributed by atoms with E-state index < -0.39 is 10.0 Å². The maximum absolute atomic E-state index is 12.1. The Balaban J connectivity index is 2.05. The molecule has 0 radical (unpaired) electrons. The van der Waals surface area contributed by atoms with Crippen molar-refractivity contribution in [3.05, 3.63) is 35.9 Å². The average molecular weight is 304 g/mol. The van der Waals surface area contributed by atoms with Gasteiger partial charge in [-0.1, -0.05) is 30.3 Å². The largest absolute Gasteiger partial charge is 0.371 e. The minimum atomic E-state index is -3.22. The highest BCUT2D eigenvalue weighted by Gasteiger charge is 2.29. The van der Waals surface area contributed by atoms with E-state index in [2.05, 4.69) is 0 Å². The molecule has 1 fully saturated rings. The Hall–Kier alpha value is -0.620. The lowest BCUT2D eigenvalue weighted by Crippen LogP contribution is -2.43. The third-order valence-corrected chi connectivity index (χ3v) is 5.32. The first kappa shape index (κ1) is 14.8. The van der Waals surface area contributed by atoms with Crippen LogP contribution in [-0.4, -0.2) is 44.1 Å². The van der Waals surface area contributed by atoms with Gasteiger partial charge in [-0.2, -0.15) is 4.31 Å². The summed E-state index contributed by atoms with van der Waals surface area (Å²) in [6.45, 7) is 1.24. The predicted molar refractivity (Wildman–Crippen MR) is 75.8 cm³/mol. The van der Waals surface area contributed by atoms with Gasteiger partial charge in [0.2, 0.25) is 10.0 Å². The summed E-state index contributed by atoms with van der Waals surface area (Å²) in [5, 5.41) is 0. The van der Waals surface area contributed by atoms with E-state index in [9.17, 15) is 8.42 Å². The van der Waals surface area contributed by atoms with E-state index in [1.54, 1.807) is 0 Å². The van der Waals surface area contributed by atoms with E-state index >= 15 is 0 Å². The van der Waals surface area contributed by atoms with Gasteiger partial charge in [0.15, 0.2) is 0 Å². The molecular formula is C13H18ClNO3S. The molecule has 1 atom stereocenters. The number of ether oxygens (including phenoxy) is 1. The van der Waals surface area contributed by atoms with Crippen molar-refractivity contribution in [1.82, 2.24) is 4.31 Å². The van der Waals surface area contributed by atoms with Crippen molar-refractivity contribution in [2.75, 3.05) is 31.3 Å². The molecule has 0 N–H and O–H groups in total. The third kappa shape index (κ3) is 3.92. The van der Waals surface area contributed by atoms with Crippen LogP contribution in [0.1, 0.15) is 18.1 Å². The van der Waals surface area contributed by atoms with E-state index in [4.69, 9.17) is 16.3 Å². The molecule has 1 aromatic rings. The highest BCUT2D eigenvalue weighted by Crippen LogP contribution is 2.23. The standard InChI is InChI=1S/C13H18ClNO3S/c14-7-4-10-19(16,17)15-8-9-18-13(11-15)12-5-2-1-3-6-12/h1-3,5-6,13H,4,7-11H2. The van der Waals surface area contributed by atoms with Crippen LogP contribution in [0, 0.1) is 0 Å². The molecule has 1 heterocycles. The fourth-order valence-corrected chi connectivity index (χ4v) is 3.89. The van der Waals surface area contributed by atoms with Gasteiger partial charge in [-0.25, -0.2) is 8.42 Å². The summed E-state index contributed by atoms with van der Waals surface area (Å²) in [5.41, 5.74) is 1.01. The summed E-state index contributed by atoms with van der Waals surface area (Å²) in [6.07, 6.45) is 0.303. The van der Waals surface area contributed by atoms with Crippen LogP contribution in [0.25, 0.3) is 0 Å². The first-order valence-corrected chi connectivity index (χ1v) is 8.48. The fourth-order valence-electron chi connectivity index (χ4n) is 2.11. The molecule has 1 aliphatic heterocycles. The maximum Gasteiger partial charge on any atom is 0.214 e. The molecule has 0 aliphatic carbocycles. The van der Waals surface area contributed by atoms with E-state index in [0.717, 1.165) is 5.56 Å². The number of nitrogens with zero attached hydrogens (tertiary/aromatic N) is 1. The molecule has 1 aliphatic rings. The highest BCUT2D eigenvalue weighted by atomic mass is 35.5. The Kier molecular flexibility index (Phi) is 5.21. The lowest BCUT2D eigenvalue weighted by atomic mass is 10.1. The number of morpholine rings is 1. The monoisotopic (exact) mass is 303 g/mol. The van der Waals surface area contributed by atoms with E-state index in [1.165, 1.54) is 4.31 Å². The topological polar surface area (TPSA) is 46.6 Å². The van der Waals surface area contributed by atoms with Crippen LogP contribution >= 0.6 is 11.6 Å². The van der Waals surface area contributed by atoms with Crippen molar-refractivity contribution in [3.8, 4) is 0 Å². The van der Waals surface area contributed by atoms with Gasteiger partial charge < -0.3 is 4.74 Å². The second-order valence-corrected chi connectivity index (χ2v) is 6.95. The molecule has 19 heavy (non-hydrogen) atoms. The van der Waals surface area contributed by atoms with Gasteiger partial charge >= 0.3 is 0 Å². The van der Waals surface area contributed by atoms with Gasteiger partial charge in [0.05, 0.1) is 18.5 Å². The minimum absolute atomic E-state index is 0.109. The van der Waals surface area contributed by atoms with Crippen molar-refractivity contribution in [2.45, 2.75) is 12.5 Å². The van der Waals surface area contributed by atoms with Gasteiger partial charge in [-0.05, 0) is 12.0 Å². The van der Waals surface area contributed by atoms with Crippen LogP contribution in [0.3, 0.4) is 0 Å². The summed E-state index contributed by atoms with van der Waals surface area (Å²) in [6, 6.07) is 9.71. The Morgan fingerprint density at radius 3 is 2.74 bits per heavy atom. The highest BCUT2D eigenvalue weighted by molar-refractivity contribution is 7.89. The summed E-state index contributed by atoms with van der Waals surface area (Å²) in [4.78, 5) is 0. The second-order valence-electron chi connectivity index (χ2n) is 4.49. The van der Waals surface area contributed by atoms with Gasteiger partial charge in [-0.15, -0.1) is 11.6 Å². The van der Waals surface area contributed by atoms with Crippen LogP contribution in [0.4, 0.5) is 0 Å². The van der Waals surface area contributed by atoms with Crippen molar-refractivity contribution in [2.24, 2.45) is 0 Å². The number of sulfonamides is 1. The molecule has 106 valence electrons. The van der Waals surface area contributed by atoms with E-state index in [0.29, 0.717) is 32.0 Å². The number of halogens is 1. The summed E-state index contributed by atoms with van der Waals surface area (Å²) < 4.78 is 31.4. The normalized spacial score (nSPS) is 21.4. The van der Waals surface area contributed by atoms with Crippen LogP contribution in [0.15, 0.2) is 30.3 Å². The van der Waals surface area contributed by atoms with Crippen LogP contribution in [0.5, 0.6) is 0 Å². The lowest BCUT2D eigenvalue weighted by molar-refractivity contribution is -0.00253.